The summed E-state index contributed by atoms with van der Waals surface area (Å²) in [6.45, 7) is 9.09. The second-order valence-corrected chi connectivity index (χ2v) is 9.23. The van der Waals surface area contributed by atoms with E-state index in [-0.39, 0.29) is 28.1 Å². The Morgan fingerprint density at radius 1 is 1.13 bits per heavy atom. The van der Waals surface area contributed by atoms with Gasteiger partial charge in [0.1, 0.15) is 5.76 Å². The van der Waals surface area contributed by atoms with Gasteiger partial charge in [0.05, 0.1) is 17.9 Å². The molecule has 3 nitrogen and oxygen atoms in total. The van der Waals surface area contributed by atoms with Crippen LogP contribution in [0.25, 0.3) is 0 Å². The molecular weight excluding hydrogens is 288 g/mol. The lowest BCUT2D eigenvalue weighted by Crippen LogP contribution is -2.61. The fourth-order valence-electron chi connectivity index (χ4n) is 6.54. The van der Waals surface area contributed by atoms with E-state index in [1.54, 1.807) is 6.26 Å². The van der Waals surface area contributed by atoms with Crippen LogP contribution in [0, 0.1) is 22.7 Å². The third-order valence-corrected chi connectivity index (χ3v) is 7.90. The minimum Gasteiger partial charge on any atom is -0.468 e. The number of hydrogen-bond donors (Lipinski definition) is 1. The van der Waals surface area contributed by atoms with E-state index in [1.165, 1.54) is 0 Å². The first-order valence-corrected chi connectivity index (χ1v) is 9.00. The molecular formula is C20H28O3. The van der Waals surface area contributed by atoms with E-state index in [9.17, 15) is 9.90 Å². The summed E-state index contributed by atoms with van der Waals surface area (Å²) in [5, 5.41) is 10.5. The molecule has 1 aromatic heterocycles. The summed E-state index contributed by atoms with van der Waals surface area (Å²) in [6.07, 6.45) is 6.06. The molecule has 0 saturated heterocycles. The number of aliphatic hydroxyl groups excluding tert-OH is 1. The van der Waals surface area contributed by atoms with Crippen LogP contribution in [0.15, 0.2) is 16.7 Å². The van der Waals surface area contributed by atoms with Gasteiger partial charge in [-0.05, 0) is 54.4 Å². The SMILES string of the molecule is CC1(C)[C@@H](O)CC[C@]2(C)[C@H]3CC(=O)c4ccoc4[C@]3(C)CC[C@@H]12. The van der Waals surface area contributed by atoms with Crippen molar-refractivity contribution >= 4 is 5.78 Å². The lowest BCUT2D eigenvalue weighted by atomic mass is 9.41. The summed E-state index contributed by atoms with van der Waals surface area (Å²) in [7, 11) is 0. The zero-order valence-corrected chi connectivity index (χ0v) is 14.7. The molecule has 1 N–H and O–H groups in total. The zero-order chi connectivity index (χ0) is 16.6. The van der Waals surface area contributed by atoms with E-state index in [2.05, 4.69) is 27.7 Å². The van der Waals surface area contributed by atoms with E-state index in [4.69, 9.17) is 4.42 Å². The first kappa shape index (κ1) is 15.4. The molecule has 0 radical (unpaired) electrons. The van der Waals surface area contributed by atoms with Crippen molar-refractivity contribution in [2.24, 2.45) is 22.7 Å². The van der Waals surface area contributed by atoms with E-state index in [0.29, 0.717) is 18.3 Å². The standard InChI is InChI=1S/C20H28O3/c1-18(2)14-5-8-20(4)15(19(14,3)9-6-16(18)22)11-13(21)12-7-10-23-17(12)20/h7,10,14-16,22H,5-6,8-9,11H2,1-4H3/t14-,15+,16-,19-,20+/m0/s1. The van der Waals surface area contributed by atoms with E-state index < -0.39 is 0 Å². The maximum absolute atomic E-state index is 12.7. The fourth-order valence-corrected chi connectivity index (χ4v) is 6.54. The Labute approximate surface area is 138 Å². The number of ketones is 1. The number of hydrogen-bond acceptors (Lipinski definition) is 3. The molecule has 5 atom stereocenters. The number of fused-ring (bicyclic) bond motifs is 5. The molecule has 3 aliphatic rings. The molecule has 4 rings (SSSR count). The number of Topliss-reactive ketones (excluding diaryl/α,β-unsaturated/α-hetero) is 1. The number of carbonyl (C=O) groups excluding carboxylic acids is 1. The minimum atomic E-state index is -0.233. The number of carbonyl (C=O) groups is 1. The van der Waals surface area contributed by atoms with Gasteiger partial charge in [0.15, 0.2) is 5.78 Å². The van der Waals surface area contributed by atoms with Crippen molar-refractivity contribution in [1.82, 2.24) is 0 Å². The second-order valence-electron chi connectivity index (χ2n) is 9.23. The summed E-state index contributed by atoms with van der Waals surface area (Å²) in [5.74, 6) is 1.93. The Hall–Kier alpha value is -1.09. The van der Waals surface area contributed by atoms with Crippen LogP contribution in [-0.2, 0) is 5.41 Å². The van der Waals surface area contributed by atoms with Crippen LogP contribution in [-0.4, -0.2) is 17.0 Å². The third kappa shape index (κ3) is 1.77. The average molecular weight is 316 g/mol. The highest BCUT2D eigenvalue weighted by atomic mass is 16.3. The summed E-state index contributed by atoms with van der Waals surface area (Å²) in [4.78, 5) is 12.7. The summed E-state index contributed by atoms with van der Waals surface area (Å²) < 4.78 is 5.83. The highest BCUT2D eigenvalue weighted by Crippen LogP contribution is 2.66. The molecule has 0 unspecified atom stereocenters. The summed E-state index contributed by atoms with van der Waals surface area (Å²) >= 11 is 0. The van der Waals surface area contributed by atoms with Crippen LogP contribution >= 0.6 is 0 Å². The van der Waals surface area contributed by atoms with E-state index in [1.807, 2.05) is 6.07 Å². The molecule has 3 aliphatic carbocycles. The Morgan fingerprint density at radius 3 is 2.61 bits per heavy atom. The monoisotopic (exact) mass is 316 g/mol. The number of furan rings is 1. The summed E-state index contributed by atoms with van der Waals surface area (Å²) in [6, 6.07) is 1.85. The van der Waals surface area contributed by atoms with Gasteiger partial charge >= 0.3 is 0 Å². The molecule has 0 amide bonds. The Balaban J connectivity index is 1.83. The van der Waals surface area contributed by atoms with Gasteiger partial charge in [-0.2, -0.15) is 0 Å². The smallest absolute Gasteiger partial charge is 0.166 e. The van der Waals surface area contributed by atoms with Gasteiger partial charge in [0, 0.05) is 11.8 Å². The third-order valence-electron chi connectivity index (χ3n) is 7.90. The highest BCUT2D eigenvalue weighted by molar-refractivity contribution is 5.98. The van der Waals surface area contributed by atoms with Gasteiger partial charge in [-0.25, -0.2) is 0 Å². The van der Waals surface area contributed by atoms with Crippen molar-refractivity contribution in [1.29, 1.82) is 0 Å². The molecule has 1 aromatic rings. The molecule has 2 fully saturated rings. The predicted octanol–water partition coefficient (Wildman–Crippen LogP) is 4.34. The van der Waals surface area contributed by atoms with Crippen molar-refractivity contribution in [3.05, 3.63) is 23.7 Å². The second kappa shape index (κ2) is 4.50. The number of rotatable bonds is 0. The molecule has 23 heavy (non-hydrogen) atoms. The molecule has 0 aliphatic heterocycles. The van der Waals surface area contributed by atoms with Crippen molar-refractivity contribution in [3.8, 4) is 0 Å². The topological polar surface area (TPSA) is 50.4 Å². The van der Waals surface area contributed by atoms with Crippen LogP contribution in [0.5, 0.6) is 0 Å². The maximum Gasteiger partial charge on any atom is 0.166 e. The molecule has 0 spiro atoms. The maximum atomic E-state index is 12.7. The molecule has 2 saturated carbocycles. The quantitative estimate of drug-likeness (QED) is 0.774. The van der Waals surface area contributed by atoms with Gasteiger partial charge in [-0.3, -0.25) is 4.79 Å². The molecule has 3 heteroatoms. The Kier molecular flexibility index (Phi) is 3.02. The lowest BCUT2D eigenvalue weighted by molar-refractivity contribution is -0.157. The number of aliphatic hydroxyl groups is 1. The van der Waals surface area contributed by atoms with E-state index in [0.717, 1.165) is 37.0 Å². The van der Waals surface area contributed by atoms with Gasteiger partial charge < -0.3 is 9.52 Å². The van der Waals surface area contributed by atoms with Crippen molar-refractivity contribution in [2.45, 2.75) is 71.3 Å². The van der Waals surface area contributed by atoms with Gasteiger partial charge in [0.2, 0.25) is 0 Å². The summed E-state index contributed by atoms with van der Waals surface area (Å²) in [5.41, 5.74) is 0.772. The molecule has 0 bridgehead atoms. The van der Waals surface area contributed by atoms with E-state index >= 15 is 0 Å². The Morgan fingerprint density at radius 2 is 1.87 bits per heavy atom. The predicted molar refractivity (Wildman–Crippen MR) is 88.4 cm³/mol. The average Bonchev–Trinajstić information content (AvgIpc) is 2.97. The lowest BCUT2D eigenvalue weighted by Gasteiger charge is -2.63. The van der Waals surface area contributed by atoms with Crippen LogP contribution < -0.4 is 0 Å². The first-order valence-electron chi connectivity index (χ1n) is 9.00. The van der Waals surface area contributed by atoms with Crippen molar-refractivity contribution < 1.29 is 14.3 Å². The molecule has 0 aromatic carbocycles. The van der Waals surface area contributed by atoms with Crippen LogP contribution in [0.4, 0.5) is 0 Å². The molecule has 126 valence electrons. The van der Waals surface area contributed by atoms with Crippen molar-refractivity contribution in [2.75, 3.05) is 0 Å². The van der Waals surface area contributed by atoms with Gasteiger partial charge in [0.25, 0.3) is 0 Å². The van der Waals surface area contributed by atoms with Gasteiger partial charge in [-0.15, -0.1) is 0 Å². The van der Waals surface area contributed by atoms with Gasteiger partial charge in [-0.1, -0.05) is 27.7 Å². The van der Waals surface area contributed by atoms with Crippen molar-refractivity contribution in [3.63, 3.8) is 0 Å². The highest BCUT2D eigenvalue weighted by Gasteiger charge is 2.63. The Bertz CT molecular complexity index is 658. The van der Waals surface area contributed by atoms with Crippen LogP contribution in [0.3, 0.4) is 0 Å². The fraction of sp³-hybridized carbons (Fsp3) is 0.750. The van der Waals surface area contributed by atoms with Crippen LogP contribution in [0.2, 0.25) is 0 Å². The molecule has 1 heterocycles. The first-order chi connectivity index (χ1) is 10.7. The van der Waals surface area contributed by atoms with Crippen LogP contribution in [0.1, 0.15) is 75.9 Å². The normalized spacial score (nSPS) is 45.1. The minimum absolute atomic E-state index is 0.0453. The largest absolute Gasteiger partial charge is 0.468 e. The zero-order valence-electron chi connectivity index (χ0n) is 14.7.